The Kier molecular flexibility index (Phi) is 3.51. The molecule has 2 heterocycles. The number of rotatable bonds is 2. The third-order valence-electron chi connectivity index (χ3n) is 2.91. The van der Waals surface area contributed by atoms with Gasteiger partial charge in [0, 0.05) is 6.54 Å². The Morgan fingerprint density at radius 3 is 2.82 bits per heavy atom. The molecule has 2 rings (SSSR count). The SMILES string of the molecule is O=C(O)[C@H]1CCCCN1C(=O)C1=COCCO1. The molecule has 0 bridgehead atoms. The molecule has 0 aromatic rings. The van der Waals surface area contributed by atoms with Crippen LogP contribution in [-0.2, 0) is 19.1 Å². The highest BCUT2D eigenvalue weighted by Crippen LogP contribution is 2.20. The lowest BCUT2D eigenvalue weighted by Gasteiger charge is -2.33. The molecule has 2 aliphatic rings. The number of nitrogens with zero attached hydrogens (tertiary/aromatic N) is 1. The van der Waals surface area contributed by atoms with Crippen molar-refractivity contribution in [3.8, 4) is 0 Å². The van der Waals surface area contributed by atoms with Crippen molar-refractivity contribution in [2.45, 2.75) is 25.3 Å². The maximum Gasteiger partial charge on any atom is 0.326 e. The first-order chi connectivity index (χ1) is 8.20. The Morgan fingerprint density at radius 2 is 2.18 bits per heavy atom. The second-order valence-corrected chi connectivity index (χ2v) is 4.05. The molecule has 2 aliphatic heterocycles. The van der Waals surface area contributed by atoms with Gasteiger partial charge in [-0.15, -0.1) is 0 Å². The molecule has 94 valence electrons. The van der Waals surface area contributed by atoms with Gasteiger partial charge in [-0.3, -0.25) is 4.79 Å². The molecule has 1 N–H and O–H groups in total. The minimum Gasteiger partial charge on any atom is -0.494 e. The number of amides is 1. The summed E-state index contributed by atoms with van der Waals surface area (Å²) in [5, 5.41) is 9.07. The largest absolute Gasteiger partial charge is 0.494 e. The summed E-state index contributed by atoms with van der Waals surface area (Å²) in [7, 11) is 0. The van der Waals surface area contributed by atoms with Crippen molar-refractivity contribution in [1.29, 1.82) is 0 Å². The number of carbonyl (C=O) groups excluding carboxylic acids is 1. The quantitative estimate of drug-likeness (QED) is 0.754. The van der Waals surface area contributed by atoms with Crippen LogP contribution in [0.2, 0.25) is 0 Å². The van der Waals surface area contributed by atoms with Crippen LogP contribution >= 0.6 is 0 Å². The summed E-state index contributed by atoms with van der Waals surface area (Å²) in [5.74, 6) is -1.25. The highest BCUT2D eigenvalue weighted by atomic mass is 16.6. The van der Waals surface area contributed by atoms with Crippen LogP contribution in [0.15, 0.2) is 12.0 Å². The number of likely N-dealkylation sites (tertiary alicyclic amines) is 1. The molecular weight excluding hydrogens is 226 g/mol. The zero-order valence-corrected chi connectivity index (χ0v) is 9.42. The van der Waals surface area contributed by atoms with Crippen LogP contribution in [0.25, 0.3) is 0 Å². The van der Waals surface area contributed by atoms with E-state index in [1.807, 2.05) is 0 Å². The third-order valence-corrected chi connectivity index (χ3v) is 2.91. The zero-order valence-electron chi connectivity index (χ0n) is 9.42. The number of hydrogen-bond acceptors (Lipinski definition) is 4. The molecule has 17 heavy (non-hydrogen) atoms. The van der Waals surface area contributed by atoms with Crippen LogP contribution < -0.4 is 0 Å². The summed E-state index contributed by atoms with van der Waals surface area (Å²) in [5.41, 5.74) is 0. The number of carboxylic acids is 1. The molecule has 6 heteroatoms. The van der Waals surface area contributed by atoms with Gasteiger partial charge in [0.05, 0.1) is 0 Å². The van der Waals surface area contributed by atoms with Crippen molar-refractivity contribution >= 4 is 11.9 Å². The number of ether oxygens (including phenoxy) is 2. The molecule has 0 aliphatic carbocycles. The van der Waals surface area contributed by atoms with Gasteiger partial charge in [-0.1, -0.05) is 0 Å². The zero-order chi connectivity index (χ0) is 12.3. The fourth-order valence-electron chi connectivity index (χ4n) is 2.05. The van der Waals surface area contributed by atoms with Crippen LogP contribution in [0.4, 0.5) is 0 Å². The molecule has 1 fully saturated rings. The molecule has 1 saturated heterocycles. The van der Waals surface area contributed by atoms with E-state index in [2.05, 4.69) is 0 Å². The van der Waals surface area contributed by atoms with Gasteiger partial charge in [-0.05, 0) is 19.3 Å². The second kappa shape index (κ2) is 5.07. The van der Waals surface area contributed by atoms with Crippen molar-refractivity contribution in [2.24, 2.45) is 0 Å². The lowest BCUT2D eigenvalue weighted by Crippen LogP contribution is -2.49. The first-order valence-corrected chi connectivity index (χ1v) is 5.68. The van der Waals surface area contributed by atoms with Gasteiger partial charge in [0.1, 0.15) is 25.5 Å². The van der Waals surface area contributed by atoms with Gasteiger partial charge >= 0.3 is 5.97 Å². The summed E-state index contributed by atoms with van der Waals surface area (Å²) in [4.78, 5) is 24.5. The van der Waals surface area contributed by atoms with Gasteiger partial charge in [0.2, 0.25) is 5.76 Å². The number of aliphatic carboxylic acids is 1. The Labute approximate surface area is 98.8 Å². The van der Waals surface area contributed by atoms with E-state index in [9.17, 15) is 9.59 Å². The molecule has 1 amide bonds. The molecule has 0 aromatic heterocycles. The Hall–Kier alpha value is -1.72. The predicted molar refractivity (Wildman–Crippen MR) is 57.0 cm³/mol. The van der Waals surface area contributed by atoms with E-state index in [4.69, 9.17) is 14.6 Å². The van der Waals surface area contributed by atoms with Crippen LogP contribution in [0.5, 0.6) is 0 Å². The van der Waals surface area contributed by atoms with Gasteiger partial charge in [-0.25, -0.2) is 4.79 Å². The summed E-state index contributed by atoms with van der Waals surface area (Å²) < 4.78 is 10.2. The minimum absolute atomic E-state index is 0.101. The molecule has 0 unspecified atom stereocenters. The average Bonchev–Trinajstić information content (AvgIpc) is 2.39. The maximum atomic E-state index is 12.1. The van der Waals surface area contributed by atoms with Crippen molar-refractivity contribution in [3.63, 3.8) is 0 Å². The molecule has 0 radical (unpaired) electrons. The fraction of sp³-hybridized carbons (Fsp3) is 0.636. The molecule has 6 nitrogen and oxygen atoms in total. The van der Waals surface area contributed by atoms with E-state index < -0.39 is 17.9 Å². The highest BCUT2D eigenvalue weighted by Gasteiger charge is 2.34. The maximum absolute atomic E-state index is 12.1. The number of piperidine rings is 1. The molecule has 0 spiro atoms. The smallest absolute Gasteiger partial charge is 0.326 e. The predicted octanol–water partition coefficient (Wildman–Crippen LogP) is 0.340. The van der Waals surface area contributed by atoms with E-state index in [1.54, 1.807) is 0 Å². The van der Waals surface area contributed by atoms with Gasteiger partial charge in [-0.2, -0.15) is 0 Å². The normalized spacial score (nSPS) is 24.4. The van der Waals surface area contributed by atoms with E-state index in [-0.39, 0.29) is 5.76 Å². The van der Waals surface area contributed by atoms with Gasteiger partial charge in [0.15, 0.2) is 0 Å². The van der Waals surface area contributed by atoms with E-state index in [1.165, 1.54) is 11.2 Å². The Morgan fingerprint density at radius 1 is 1.35 bits per heavy atom. The average molecular weight is 241 g/mol. The van der Waals surface area contributed by atoms with Crippen LogP contribution in [0.1, 0.15) is 19.3 Å². The third kappa shape index (κ3) is 2.51. The van der Waals surface area contributed by atoms with E-state index in [0.29, 0.717) is 26.2 Å². The minimum atomic E-state index is -0.963. The standard InChI is InChI=1S/C11H15NO5/c13-10(9-7-16-5-6-17-9)12-4-2-1-3-8(12)11(14)15/h7-8H,1-6H2,(H,14,15)/t8-/m1/s1. The first kappa shape index (κ1) is 11.8. The topological polar surface area (TPSA) is 76.1 Å². The van der Waals surface area contributed by atoms with Crippen molar-refractivity contribution < 1.29 is 24.2 Å². The van der Waals surface area contributed by atoms with Crippen molar-refractivity contribution in [3.05, 3.63) is 12.0 Å². The highest BCUT2D eigenvalue weighted by molar-refractivity contribution is 5.94. The lowest BCUT2D eigenvalue weighted by atomic mass is 10.0. The first-order valence-electron chi connectivity index (χ1n) is 5.68. The van der Waals surface area contributed by atoms with Crippen molar-refractivity contribution in [1.82, 2.24) is 4.90 Å². The van der Waals surface area contributed by atoms with Crippen LogP contribution in [-0.4, -0.2) is 47.7 Å². The van der Waals surface area contributed by atoms with Crippen LogP contribution in [0.3, 0.4) is 0 Å². The second-order valence-electron chi connectivity index (χ2n) is 4.05. The summed E-state index contributed by atoms with van der Waals surface area (Å²) in [6.07, 6.45) is 3.41. The van der Waals surface area contributed by atoms with E-state index >= 15 is 0 Å². The van der Waals surface area contributed by atoms with E-state index in [0.717, 1.165) is 12.8 Å². The molecule has 1 atom stereocenters. The molecule has 0 saturated carbocycles. The Bertz CT molecular complexity index is 352. The van der Waals surface area contributed by atoms with Crippen molar-refractivity contribution in [2.75, 3.05) is 19.8 Å². The lowest BCUT2D eigenvalue weighted by molar-refractivity contribution is -0.152. The Balaban J connectivity index is 2.10. The molecule has 0 aromatic carbocycles. The summed E-state index contributed by atoms with van der Waals surface area (Å²) >= 11 is 0. The monoisotopic (exact) mass is 241 g/mol. The number of carboxylic acid groups (broad SMARTS) is 1. The summed E-state index contributed by atoms with van der Waals surface area (Å²) in [6.45, 7) is 1.19. The molecular formula is C11H15NO5. The summed E-state index contributed by atoms with van der Waals surface area (Å²) in [6, 6.07) is -0.748. The number of carbonyl (C=O) groups is 2. The fourth-order valence-corrected chi connectivity index (χ4v) is 2.05. The number of hydrogen-bond donors (Lipinski definition) is 1. The van der Waals surface area contributed by atoms with Gasteiger partial charge in [0.25, 0.3) is 5.91 Å². The van der Waals surface area contributed by atoms with Gasteiger partial charge < -0.3 is 19.5 Å². The van der Waals surface area contributed by atoms with Crippen LogP contribution in [0, 0.1) is 0 Å².